The maximum Gasteiger partial charge on any atom is 0.172 e. The molecule has 0 fully saturated rings. The van der Waals surface area contributed by atoms with E-state index in [4.69, 9.17) is 0 Å². The van der Waals surface area contributed by atoms with Gasteiger partial charge in [0, 0.05) is 64.7 Å². The zero-order valence-corrected chi connectivity index (χ0v) is 64.0. The first-order chi connectivity index (χ1) is 56.3. The third-order valence-corrected chi connectivity index (χ3v) is 29.6. The zero-order valence-electron chi connectivity index (χ0n) is 62.2. The molecule has 114 heavy (non-hydrogen) atoms. The average molecular weight is 1490 g/mol. The lowest BCUT2D eigenvalue weighted by Crippen LogP contribution is -2.21. The number of rotatable bonds is 12. The summed E-state index contributed by atoms with van der Waals surface area (Å²) in [5.74, 6) is 0. The maximum absolute atomic E-state index is 15.9. The molecule has 0 bridgehead atoms. The quantitative estimate of drug-likeness (QED) is 0.114. The van der Waals surface area contributed by atoms with Crippen LogP contribution in [-0.4, -0.2) is 9.13 Å². The first-order valence-corrected chi connectivity index (χ1v) is 42.3. The molecule has 2 unspecified atom stereocenters. The molecule has 0 N–H and O–H groups in total. The second-order valence-corrected chi connectivity index (χ2v) is 35.0. The number of hydrogen-bond donors (Lipinski definition) is 0. The molecular weight excluding hydrogens is 1420 g/mol. The van der Waals surface area contributed by atoms with E-state index in [0.717, 1.165) is 126 Å². The Bertz CT molecular complexity index is 7050. The van der Waals surface area contributed by atoms with Gasteiger partial charge in [0.15, 0.2) is 14.3 Å². The molecule has 4 heterocycles. The van der Waals surface area contributed by atoms with E-state index in [1.807, 2.05) is 72.8 Å². The fourth-order valence-electron chi connectivity index (χ4n) is 17.8. The smallest absolute Gasteiger partial charge is 0.172 e. The molecule has 2 aromatic heterocycles. The van der Waals surface area contributed by atoms with Gasteiger partial charge in [0.1, 0.15) is 0 Å². The van der Waals surface area contributed by atoms with Gasteiger partial charge in [-0.15, -0.1) is 0 Å². The van der Waals surface area contributed by atoms with Crippen LogP contribution in [-0.2, 0) is 9.13 Å². The van der Waals surface area contributed by atoms with Gasteiger partial charge < -0.3 is 18.3 Å². The van der Waals surface area contributed by atoms with Crippen molar-refractivity contribution in [2.24, 2.45) is 0 Å². The number of fused-ring (bicyclic) bond motifs is 14. The Labute approximate surface area is 662 Å². The number of benzene rings is 18. The van der Waals surface area contributed by atoms with Crippen LogP contribution < -0.4 is 31.8 Å². The van der Waals surface area contributed by atoms with Gasteiger partial charge >= 0.3 is 0 Å². The van der Waals surface area contributed by atoms with E-state index in [1.54, 1.807) is 0 Å². The summed E-state index contributed by atoms with van der Waals surface area (Å²) in [5, 5.41) is 9.81. The highest BCUT2D eigenvalue weighted by atomic mass is 31.2. The molecule has 4 nitrogen and oxygen atoms in total. The van der Waals surface area contributed by atoms with Gasteiger partial charge in [-0.3, -0.25) is 0 Å². The van der Waals surface area contributed by atoms with E-state index in [-0.39, 0.29) is 0 Å². The van der Waals surface area contributed by atoms with Crippen LogP contribution >= 0.6 is 14.3 Å². The monoisotopic (exact) mass is 1490 g/mol. The van der Waals surface area contributed by atoms with Gasteiger partial charge in [-0.1, -0.05) is 352 Å². The van der Waals surface area contributed by atoms with Crippen LogP contribution in [0.3, 0.4) is 0 Å². The Morgan fingerprint density at radius 1 is 0.175 bits per heavy atom. The average Bonchev–Trinajstić information content (AvgIpc) is 1.53. The molecule has 20 aromatic rings. The van der Waals surface area contributed by atoms with E-state index in [0.29, 0.717) is 0 Å². The predicted molar refractivity (Wildman–Crippen MR) is 482 cm³/mol. The summed E-state index contributed by atoms with van der Waals surface area (Å²) in [6, 6.07) is 154. The summed E-state index contributed by atoms with van der Waals surface area (Å²) >= 11 is 0. The van der Waals surface area contributed by atoms with Gasteiger partial charge in [0.2, 0.25) is 0 Å². The number of aromatic nitrogens is 2. The Morgan fingerprint density at radius 3 is 0.728 bits per heavy atom. The highest BCUT2D eigenvalue weighted by Gasteiger charge is 2.44. The van der Waals surface area contributed by atoms with Crippen molar-refractivity contribution in [1.82, 2.24) is 9.13 Å². The maximum atomic E-state index is 15.9. The van der Waals surface area contributed by atoms with Crippen molar-refractivity contribution in [2.75, 3.05) is 0 Å². The zero-order chi connectivity index (χ0) is 75.9. The Balaban J connectivity index is 0.000000146. The van der Waals surface area contributed by atoms with Crippen LogP contribution in [0, 0.1) is 0 Å². The number of para-hydroxylation sites is 2. The fraction of sp³-hybridized carbons (Fsp3) is 0. The Morgan fingerprint density at radius 2 is 0.412 bits per heavy atom. The molecule has 2 atom stereocenters. The minimum Gasteiger partial charge on any atom is -0.309 e. The van der Waals surface area contributed by atoms with Crippen molar-refractivity contribution in [3.8, 4) is 123 Å². The molecule has 0 amide bonds. The van der Waals surface area contributed by atoms with Gasteiger partial charge in [-0.25, -0.2) is 0 Å². The lowest BCUT2D eigenvalue weighted by atomic mass is 9.92. The van der Waals surface area contributed by atoms with Crippen LogP contribution in [0.2, 0.25) is 0 Å². The first-order valence-electron chi connectivity index (χ1n) is 38.9. The van der Waals surface area contributed by atoms with Crippen LogP contribution in [0.15, 0.2) is 437 Å². The van der Waals surface area contributed by atoms with E-state index >= 15 is 9.13 Å². The van der Waals surface area contributed by atoms with Crippen molar-refractivity contribution in [1.29, 1.82) is 0 Å². The van der Waals surface area contributed by atoms with Crippen molar-refractivity contribution in [3.63, 3.8) is 0 Å². The van der Waals surface area contributed by atoms with Gasteiger partial charge in [0.25, 0.3) is 0 Å². The molecular formula is C108H72N2O2P2. The lowest BCUT2D eigenvalue weighted by molar-refractivity contribution is 0.592. The van der Waals surface area contributed by atoms with Gasteiger partial charge in [-0.2, -0.15) is 0 Å². The van der Waals surface area contributed by atoms with Gasteiger partial charge in [0.05, 0.1) is 22.1 Å². The van der Waals surface area contributed by atoms with Crippen LogP contribution in [0.4, 0.5) is 0 Å². The van der Waals surface area contributed by atoms with Gasteiger partial charge in [-0.05, 0) is 196 Å². The van der Waals surface area contributed by atoms with E-state index < -0.39 is 14.3 Å². The first kappa shape index (κ1) is 68.1. The minimum atomic E-state index is -3.19. The molecule has 0 saturated heterocycles. The van der Waals surface area contributed by atoms with E-state index in [1.165, 1.54) is 72.3 Å². The molecule has 2 aliphatic rings. The lowest BCUT2D eigenvalue weighted by Gasteiger charge is -2.17. The highest BCUT2D eigenvalue weighted by molar-refractivity contribution is 7.87. The number of nitrogens with zero attached hydrogens (tertiary/aromatic N) is 2. The third-order valence-electron chi connectivity index (χ3n) is 23.2. The standard InChI is InChI=1S/C60H40NOP.C48H32NOP/c62-63(52-18-8-3-9-19-52)58-23-13-11-20-53(58)54-36-37-57-59(60(54)63)55-21-10-12-22-56(55)61(57)51-34-32-47(33-35-51)50-39-48(45-28-24-43(25-29-45)41-14-4-1-5-15-41)38-49(40-50)46-30-26-44(27-31-46)42-16-6-2-7-17-42;50-51(40-18-8-3-9-19-40)46-23-13-11-20-41(46)42-28-29-45-47(48(42)51)43-21-10-12-22-44(43)49(45)39-26-24-35(25-27-39)38-31-36(33-14-4-1-5-15-33)30-37(32-38)34-16-6-2-7-17-34/h1-40H;1-32H. The molecule has 0 saturated carbocycles. The molecule has 22 rings (SSSR count). The van der Waals surface area contributed by atoms with Crippen molar-refractivity contribution < 1.29 is 9.13 Å². The largest absolute Gasteiger partial charge is 0.309 e. The summed E-state index contributed by atoms with van der Waals surface area (Å²) in [7, 11) is -6.34. The third kappa shape index (κ3) is 11.4. The fourth-order valence-corrected chi connectivity index (χ4v) is 24.4. The summed E-state index contributed by atoms with van der Waals surface area (Å²) in [4.78, 5) is 0. The van der Waals surface area contributed by atoms with Crippen LogP contribution in [0.25, 0.3) is 166 Å². The summed E-state index contributed by atoms with van der Waals surface area (Å²) in [5.41, 5.74) is 29.5. The Hall–Kier alpha value is -14.0. The van der Waals surface area contributed by atoms with E-state index in [2.05, 4.69) is 373 Å². The van der Waals surface area contributed by atoms with Crippen molar-refractivity contribution in [2.45, 2.75) is 0 Å². The van der Waals surface area contributed by atoms with Crippen LogP contribution in [0.5, 0.6) is 0 Å². The Kier molecular flexibility index (Phi) is 16.8. The topological polar surface area (TPSA) is 44.0 Å². The predicted octanol–water partition coefficient (Wildman–Crippen LogP) is 26.1. The second kappa shape index (κ2) is 28.1. The number of hydrogen-bond acceptors (Lipinski definition) is 2. The summed E-state index contributed by atoms with van der Waals surface area (Å²) in [6.07, 6.45) is 0. The highest BCUT2D eigenvalue weighted by Crippen LogP contribution is 2.57. The molecule has 0 aliphatic carbocycles. The minimum absolute atomic E-state index is 0.866. The van der Waals surface area contributed by atoms with E-state index in [9.17, 15) is 0 Å². The van der Waals surface area contributed by atoms with Crippen molar-refractivity contribution >= 4 is 89.7 Å². The molecule has 6 heteroatoms. The molecule has 0 spiro atoms. The SMILES string of the molecule is O=P1(c2ccccc2)c2ccccc2-c2ccc3c(c21)c1ccccc1n3-c1ccc(-c2cc(-c3ccc(-c4ccccc4)cc3)cc(-c3ccc(-c4ccccc4)cc3)c2)cc1.O=P1(c2ccccc2)c2ccccc2-c2ccc3c(c21)c1ccccc1n3-c1ccc(-c2cc(-c3ccccc3)cc(-c3ccccc3)c2)cc1. The molecule has 0 radical (unpaired) electrons. The summed E-state index contributed by atoms with van der Waals surface area (Å²) in [6.45, 7) is 0. The molecule has 2 aliphatic heterocycles. The molecule has 18 aromatic carbocycles. The van der Waals surface area contributed by atoms with Crippen LogP contribution in [0.1, 0.15) is 0 Å². The normalized spacial score (nSPS) is 14.5. The van der Waals surface area contributed by atoms with Crippen molar-refractivity contribution in [3.05, 3.63) is 437 Å². The molecule has 536 valence electrons. The second-order valence-electron chi connectivity index (χ2n) is 29.7. The summed E-state index contributed by atoms with van der Waals surface area (Å²) < 4.78 is 36.3.